The Morgan fingerprint density at radius 2 is 2.28 bits per heavy atom. The Hall–Kier alpha value is -1.51. The van der Waals surface area contributed by atoms with E-state index in [-0.39, 0.29) is 0 Å². The van der Waals surface area contributed by atoms with Gasteiger partial charge >= 0.3 is 5.97 Å². The summed E-state index contributed by atoms with van der Waals surface area (Å²) in [5.74, 6) is 0.681. The van der Waals surface area contributed by atoms with E-state index in [2.05, 4.69) is 19.2 Å². The second kappa shape index (κ2) is 5.42. The number of hydrogen-bond acceptors (Lipinski definition) is 2. The molecule has 3 heteroatoms. The van der Waals surface area contributed by atoms with Crippen LogP contribution >= 0.6 is 0 Å². The van der Waals surface area contributed by atoms with E-state index in [1.807, 2.05) is 6.07 Å². The van der Waals surface area contributed by atoms with E-state index in [4.69, 9.17) is 5.11 Å². The molecule has 0 amide bonds. The van der Waals surface area contributed by atoms with Crippen LogP contribution in [0.15, 0.2) is 24.3 Å². The first-order valence-corrected chi connectivity index (χ1v) is 6.71. The minimum absolute atomic E-state index is 0.346. The molecule has 0 radical (unpaired) electrons. The highest BCUT2D eigenvalue weighted by Gasteiger charge is 2.38. The molecule has 1 saturated carbocycles. The van der Waals surface area contributed by atoms with E-state index >= 15 is 0 Å². The number of rotatable bonds is 6. The third kappa shape index (κ3) is 3.03. The molecule has 2 N–H and O–H groups in total. The van der Waals surface area contributed by atoms with Crippen molar-refractivity contribution in [3.05, 3.63) is 29.8 Å². The molecule has 2 rings (SSSR count). The van der Waals surface area contributed by atoms with Crippen molar-refractivity contribution in [2.24, 2.45) is 11.8 Å². The molecule has 0 heterocycles. The first-order chi connectivity index (χ1) is 8.61. The smallest absolute Gasteiger partial charge is 0.335 e. The summed E-state index contributed by atoms with van der Waals surface area (Å²) in [6, 6.07) is 7.57. The highest BCUT2D eigenvalue weighted by atomic mass is 16.4. The minimum Gasteiger partial charge on any atom is -0.478 e. The summed E-state index contributed by atoms with van der Waals surface area (Å²) in [4.78, 5) is 10.9. The molecule has 3 nitrogen and oxygen atoms in total. The van der Waals surface area contributed by atoms with E-state index in [1.165, 1.54) is 6.42 Å². The van der Waals surface area contributed by atoms with Gasteiger partial charge in [-0.05, 0) is 42.9 Å². The first-order valence-electron chi connectivity index (χ1n) is 6.71. The van der Waals surface area contributed by atoms with Crippen LogP contribution in [0.25, 0.3) is 0 Å². The van der Waals surface area contributed by atoms with Crippen LogP contribution in [0.1, 0.15) is 43.5 Å². The van der Waals surface area contributed by atoms with Gasteiger partial charge in [0.1, 0.15) is 0 Å². The molecule has 98 valence electrons. The molecule has 3 atom stereocenters. The van der Waals surface area contributed by atoms with Gasteiger partial charge in [0, 0.05) is 11.7 Å². The van der Waals surface area contributed by atoms with E-state index < -0.39 is 5.97 Å². The Balaban J connectivity index is 2.06. The van der Waals surface area contributed by atoms with Gasteiger partial charge in [-0.2, -0.15) is 0 Å². The van der Waals surface area contributed by atoms with Crippen molar-refractivity contribution in [2.75, 3.05) is 5.32 Å². The Labute approximate surface area is 108 Å². The van der Waals surface area contributed by atoms with Gasteiger partial charge in [-0.3, -0.25) is 0 Å². The maximum absolute atomic E-state index is 10.9. The van der Waals surface area contributed by atoms with Crippen molar-refractivity contribution >= 4 is 11.7 Å². The summed E-state index contributed by atoms with van der Waals surface area (Å²) >= 11 is 0. The topological polar surface area (TPSA) is 49.3 Å². The second-order valence-corrected chi connectivity index (χ2v) is 5.30. The van der Waals surface area contributed by atoms with E-state index in [0.717, 1.165) is 30.4 Å². The van der Waals surface area contributed by atoms with Crippen LogP contribution in [-0.2, 0) is 0 Å². The fraction of sp³-hybridized carbons (Fsp3) is 0.533. The first kappa shape index (κ1) is 12.9. The van der Waals surface area contributed by atoms with Crippen molar-refractivity contribution in [3.63, 3.8) is 0 Å². The molecule has 18 heavy (non-hydrogen) atoms. The van der Waals surface area contributed by atoms with Gasteiger partial charge < -0.3 is 10.4 Å². The molecule has 1 aliphatic carbocycles. The van der Waals surface area contributed by atoms with Gasteiger partial charge in [-0.25, -0.2) is 4.79 Å². The molecule has 0 saturated heterocycles. The predicted octanol–water partition coefficient (Wildman–Crippen LogP) is 3.62. The zero-order valence-corrected chi connectivity index (χ0v) is 11.0. The van der Waals surface area contributed by atoms with Gasteiger partial charge in [0.25, 0.3) is 0 Å². The molecule has 1 fully saturated rings. The maximum Gasteiger partial charge on any atom is 0.335 e. The lowest BCUT2D eigenvalue weighted by molar-refractivity contribution is 0.0697. The summed E-state index contributed by atoms with van der Waals surface area (Å²) in [6.07, 6.45) is 3.59. The number of carboxylic acid groups (broad SMARTS) is 1. The van der Waals surface area contributed by atoms with Crippen molar-refractivity contribution < 1.29 is 9.90 Å². The highest BCUT2D eigenvalue weighted by molar-refractivity contribution is 5.88. The molecule has 1 aromatic rings. The number of benzene rings is 1. The number of nitrogens with one attached hydrogen (secondary N) is 1. The standard InChI is InChI=1S/C15H21NO2/c1-3-5-14(13-8-10(13)2)16-12-7-4-6-11(9-12)15(17)18/h4,6-7,9-10,13-14,16H,3,5,8H2,1-2H3,(H,17,18). The highest BCUT2D eigenvalue weighted by Crippen LogP contribution is 2.42. The maximum atomic E-state index is 10.9. The Morgan fingerprint density at radius 3 is 2.83 bits per heavy atom. The Kier molecular flexibility index (Phi) is 3.90. The van der Waals surface area contributed by atoms with Crippen LogP contribution in [0.2, 0.25) is 0 Å². The zero-order valence-electron chi connectivity index (χ0n) is 11.0. The Morgan fingerprint density at radius 1 is 1.56 bits per heavy atom. The van der Waals surface area contributed by atoms with Crippen molar-refractivity contribution in [1.29, 1.82) is 0 Å². The second-order valence-electron chi connectivity index (χ2n) is 5.30. The van der Waals surface area contributed by atoms with Crippen LogP contribution < -0.4 is 5.32 Å². The quantitative estimate of drug-likeness (QED) is 0.807. The van der Waals surface area contributed by atoms with Crippen LogP contribution in [0.3, 0.4) is 0 Å². The lowest BCUT2D eigenvalue weighted by Gasteiger charge is -2.19. The van der Waals surface area contributed by atoms with E-state index in [0.29, 0.717) is 11.6 Å². The number of anilines is 1. The van der Waals surface area contributed by atoms with Crippen LogP contribution in [0.5, 0.6) is 0 Å². The SMILES string of the molecule is CCCC(Nc1cccc(C(=O)O)c1)C1CC1C. The molecule has 1 aromatic carbocycles. The summed E-state index contributed by atoms with van der Waals surface area (Å²) in [7, 11) is 0. The zero-order chi connectivity index (χ0) is 13.1. The van der Waals surface area contributed by atoms with Crippen LogP contribution in [0, 0.1) is 11.8 Å². The summed E-state index contributed by atoms with van der Waals surface area (Å²) in [6.45, 7) is 4.47. The molecule has 3 unspecified atom stereocenters. The van der Waals surface area contributed by atoms with E-state index in [1.54, 1.807) is 18.2 Å². The normalized spacial score (nSPS) is 23.4. The lowest BCUT2D eigenvalue weighted by atomic mass is 10.0. The van der Waals surface area contributed by atoms with Crippen molar-refractivity contribution in [3.8, 4) is 0 Å². The summed E-state index contributed by atoms with van der Waals surface area (Å²) in [5, 5.41) is 12.5. The molecular weight excluding hydrogens is 226 g/mol. The van der Waals surface area contributed by atoms with Crippen molar-refractivity contribution in [2.45, 2.75) is 39.2 Å². The molecule has 1 aliphatic rings. The van der Waals surface area contributed by atoms with Crippen molar-refractivity contribution in [1.82, 2.24) is 0 Å². The molecular formula is C15H21NO2. The van der Waals surface area contributed by atoms with Gasteiger partial charge in [0.15, 0.2) is 0 Å². The van der Waals surface area contributed by atoms with Gasteiger partial charge in [-0.1, -0.05) is 26.3 Å². The lowest BCUT2D eigenvalue weighted by Crippen LogP contribution is -2.22. The fourth-order valence-corrected chi connectivity index (χ4v) is 2.57. The summed E-state index contributed by atoms with van der Waals surface area (Å²) < 4.78 is 0. The van der Waals surface area contributed by atoms with Crippen LogP contribution in [0.4, 0.5) is 5.69 Å². The minimum atomic E-state index is -0.870. The van der Waals surface area contributed by atoms with E-state index in [9.17, 15) is 4.79 Å². The number of carboxylic acids is 1. The third-order valence-electron chi connectivity index (χ3n) is 3.75. The number of carbonyl (C=O) groups is 1. The molecule has 0 bridgehead atoms. The average molecular weight is 247 g/mol. The number of hydrogen-bond donors (Lipinski definition) is 2. The summed E-state index contributed by atoms with van der Waals surface area (Å²) in [5.41, 5.74) is 1.27. The molecule has 0 aliphatic heterocycles. The molecule has 0 aromatic heterocycles. The van der Waals surface area contributed by atoms with Gasteiger partial charge in [0.2, 0.25) is 0 Å². The predicted molar refractivity (Wildman–Crippen MR) is 73.0 cm³/mol. The van der Waals surface area contributed by atoms with Crippen LogP contribution in [-0.4, -0.2) is 17.1 Å². The monoisotopic (exact) mass is 247 g/mol. The number of aromatic carboxylic acids is 1. The largest absolute Gasteiger partial charge is 0.478 e. The van der Waals surface area contributed by atoms with Gasteiger partial charge in [-0.15, -0.1) is 0 Å². The average Bonchev–Trinajstić information content (AvgIpc) is 3.06. The fourth-order valence-electron chi connectivity index (χ4n) is 2.57. The molecule has 0 spiro atoms. The third-order valence-corrected chi connectivity index (χ3v) is 3.75. The van der Waals surface area contributed by atoms with Gasteiger partial charge in [0.05, 0.1) is 5.56 Å². The Bertz CT molecular complexity index is 430.